The standard InChI is InChI=1S/C17H21N3/c1-12(18)9-13-3-4-17-15(10-13)16(11-19-17)14-5-7-20(2)8-6-14/h3-5,10-11,18-19H,6-9H2,1-2H3. The van der Waals surface area contributed by atoms with Crippen LogP contribution < -0.4 is 0 Å². The Hall–Kier alpha value is -1.87. The minimum absolute atomic E-state index is 0.708. The molecule has 2 heterocycles. The van der Waals surface area contributed by atoms with Crippen molar-refractivity contribution in [3.63, 3.8) is 0 Å². The molecule has 1 aliphatic rings. The minimum atomic E-state index is 0.708. The largest absolute Gasteiger partial charge is 0.361 e. The van der Waals surface area contributed by atoms with Gasteiger partial charge in [0.05, 0.1) is 0 Å². The lowest BCUT2D eigenvalue weighted by atomic mass is 9.97. The van der Waals surface area contributed by atoms with E-state index in [0.29, 0.717) is 5.71 Å². The maximum Gasteiger partial charge on any atom is 0.0460 e. The van der Waals surface area contributed by atoms with Crippen molar-refractivity contribution in [2.45, 2.75) is 19.8 Å². The highest BCUT2D eigenvalue weighted by Gasteiger charge is 2.13. The van der Waals surface area contributed by atoms with Crippen LogP contribution in [0.15, 0.2) is 30.5 Å². The van der Waals surface area contributed by atoms with E-state index in [2.05, 4.69) is 47.4 Å². The molecule has 2 aromatic rings. The predicted octanol–water partition coefficient (Wildman–Crippen LogP) is 3.47. The number of benzene rings is 1. The molecule has 0 saturated carbocycles. The summed E-state index contributed by atoms with van der Waals surface area (Å²) in [7, 11) is 2.16. The molecule has 0 radical (unpaired) electrons. The molecule has 0 bridgehead atoms. The van der Waals surface area contributed by atoms with Crippen LogP contribution in [0.1, 0.15) is 24.5 Å². The molecule has 0 aliphatic carbocycles. The number of nitrogens with zero attached hydrogens (tertiary/aromatic N) is 1. The molecule has 1 aliphatic heterocycles. The second-order valence-corrected chi connectivity index (χ2v) is 5.78. The monoisotopic (exact) mass is 267 g/mol. The highest BCUT2D eigenvalue weighted by Crippen LogP contribution is 2.29. The molecule has 104 valence electrons. The van der Waals surface area contributed by atoms with Gasteiger partial charge in [-0.2, -0.15) is 0 Å². The third-order valence-corrected chi connectivity index (χ3v) is 3.97. The first-order valence-corrected chi connectivity index (χ1v) is 7.15. The topological polar surface area (TPSA) is 42.9 Å². The van der Waals surface area contributed by atoms with Gasteiger partial charge in [-0.15, -0.1) is 0 Å². The van der Waals surface area contributed by atoms with E-state index in [1.807, 2.05) is 6.92 Å². The molecule has 1 aromatic carbocycles. The van der Waals surface area contributed by atoms with E-state index in [1.54, 1.807) is 0 Å². The highest BCUT2D eigenvalue weighted by atomic mass is 15.1. The smallest absolute Gasteiger partial charge is 0.0460 e. The van der Waals surface area contributed by atoms with Gasteiger partial charge in [0, 0.05) is 47.9 Å². The number of H-pyrrole nitrogens is 1. The number of fused-ring (bicyclic) bond motifs is 1. The third kappa shape index (κ3) is 2.54. The molecule has 1 aromatic heterocycles. The van der Waals surface area contributed by atoms with Gasteiger partial charge in [-0.25, -0.2) is 0 Å². The van der Waals surface area contributed by atoms with Crippen LogP contribution in [0.25, 0.3) is 16.5 Å². The summed E-state index contributed by atoms with van der Waals surface area (Å²) in [6, 6.07) is 6.48. The second-order valence-electron chi connectivity index (χ2n) is 5.78. The molecular formula is C17H21N3. The number of likely N-dealkylation sites (N-methyl/N-ethyl adjacent to an activating group) is 1. The van der Waals surface area contributed by atoms with E-state index in [9.17, 15) is 0 Å². The zero-order chi connectivity index (χ0) is 14.1. The van der Waals surface area contributed by atoms with Crippen LogP contribution in [0.3, 0.4) is 0 Å². The Balaban J connectivity index is 2.01. The molecule has 2 N–H and O–H groups in total. The molecule has 0 fully saturated rings. The maximum absolute atomic E-state index is 7.65. The van der Waals surface area contributed by atoms with Crippen molar-refractivity contribution in [2.24, 2.45) is 0 Å². The summed E-state index contributed by atoms with van der Waals surface area (Å²) in [5.74, 6) is 0. The molecule has 20 heavy (non-hydrogen) atoms. The quantitative estimate of drug-likeness (QED) is 0.822. The summed E-state index contributed by atoms with van der Waals surface area (Å²) >= 11 is 0. The van der Waals surface area contributed by atoms with Gasteiger partial charge >= 0.3 is 0 Å². The van der Waals surface area contributed by atoms with Gasteiger partial charge in [-0.3, -0.25) is 0 Å². The lowest BCUT2D eigenvalue weighted by Gasteiger charge is -2.21. The Morgan fingerprint density at radius 2 is 2.25 bits per heavy atom. The molecule has 0 unspecified atom stereocenters. The average Bonchev–Trinajstić information content (AvgIpc) is 2.82. The van der Waals surface area contributed by atoms with Gasteiger partial charge in [0.15, 0.2) is 0 Å². The van der Waals surface area contributed by atoms with Gasteiger partial charge in [-0.05, 0) is 43.7 Å². The Bertz CT molecular complexity index is 679. The first-order valence-electron chi connectivity index (χ1n) is 7.15. The first kappa shape index (κ1) is 13.1. The summed E-state index contributed by atoms with van der Waals surface area (Å²) in [5.41, 5.74) is 5.89. The molecule has 3 heteroatoms. The van der Waals surface area contributed by atoms with E-state index in [-0.39, 0.29) is 0 Å². The van der Waals surface area contributed by atoms with E-state index in [0.717, 1.165) is 25.9 Å². The van der Waals surface area contributed by atoms with Crippen LogP contribution in [0, 0.1) is 5.41 Å². The maximum atomic E-state index is 7.65. The summed E-state index contributed by atoms with van der Waals surface area (Å²) in [4.78, 5) is 5.70. The lowest BCUT2D eigenvalue weighted by molar-refractivity contribution is 0.370. The third-order valence-electron chi connectivity index (χ3n) is 3.97. The van der Waals surface area contributed by atoms with Crippen LogP contribution in [-0.2, 0) is 6.42 Å². The Kier molecular flexibility index (Phi) is 3.45. The van der Waals surface area contributed by atoms with Crippen molar-refractivity contribution in [2.75, 3.05) is 20.1 Å². The highest BCUT2D eigenvalue weighted by molar-refractivity contribution is 5.94. The SMILES string of the molecule is CC(=N)Cc1ccc2[nH]cc(C3=CCN(C)CC3)c2c1. The fraction of sp³-hybridized carbons (Fsp3) is 0.353. The number of aromatic nitrogens is 1. The summed E-state index contributed by atoms with van der Waals surface area (Å²) in [5, 5.41) is 8.94. The Morgan fingerprint density at radius 3 is 2.95 bits per heavy atom. The van der Waals surface area contributed by atoms with E-state index in [1.165, 1.54) is 27.6 Å². The number of rotatable bonds is 3. The average molecular weight is 267 g/mol. The van der Waals surface area contributed by atoms with Crippen molar-refractivity contribution < 1.29 is 0 Å². The van der Waals surface area contributed by atoms with Gasteiger partial charge in [0.1, 0.15) is 0 Å². The molecule has 0 atom stereocenters. The zero-order valence-electron chi connectivity index (χ0n) is 12.2. The Morgan fingerprint density at radius 1 is 1.40 bits per heavy atom. The van der Waals surface area contributed by atoms with Crippen LogP contribution >= 0.6 is 0 Å². The summed E-state index contributed by atoms with van der Waals surface area (Å²) < 4.78 is 0. The number of hydrogen-bond acceptors (Lipinski definition) is 2. The normalized spacial score (nSPS) is 16.4. The number of nitrogens with one attached hydrogen (secondary N) is 2. The van der Waals surface area contributed by atoms with Crippen LogP contribution in [0.2, 0.25) is 0 Å². The molecule has 3 nitrogen and oxygen atoms in total. The van der Waals surface area contributed by atoms with Crippen molar-refractivity contribution in [1.29, 1.82) is 5.41 Å². The van der Waals surface area contributed by atoms with Gasteiger partial charge < -0.3 is 15.3 Å². The van der Waals surface area contributed by atoms with Crippen LogP contribution in [-0.4, -0.2) is 35.7 Å². The Labute approximate surface area is 119 Å². The lowest BCUT2D eigenvalue weighted by Crippen LogP contribution is -2.23. The van der Waals surface area contributed by atoms with Gasteiger partial charge in [0.2, 0.25) is 0 Å². The van der Waals surface area contributed by atoms with Crippen molar-refractivity contribution >= 4 is 22.2 Å². The zero-order valence-corrected chi connectivity index (χ0v) is 12.2. The second kappa shape index (κ2) is 5.25. The van der Waals surface area contributed by atoms with Crippen molar-refractivity contribution in [1.82, 2.24) is 9.88 Å². The summed E-state index contributed by atoms with van der Waals surface area (Å²) in [6.07, 6.45) is 6.31. The minimum Gasteiger partial charge on any atom is -0.361 e. The molecule has 0 saturated heterocycles. The van der Waals surface area contributed by atoms with Crippen LogP contribution in [0.4, 0.5) is 0 Å². The molecule has 3 rings (SSSR count). The number of aromatic amines is 1. The first-order chi connectivity index (χ1) is 9.63. The van der Waals surface area contributed by atoms with Crippen molar-refractivity contribution in [3.05, 3.63) is 41.6 Å². The van der Waals surface area contributed by atoms with Crippen molar-refractivity contribution in [3.8, 4) is 0 Å². The fourth-order valence-corrected chi connectivity index (χ4v) is 2.86. The van der Waals surface area contributed by atoms with E-state index < -0.39 is 0 Å². The molecule has 0 spiro atoms. The predicted molar refractivity (Wildman–Crippen MR) is 85.5 cm³/mol. The van der Waals surface area contributed by atoms with Crippen LogP contribution in [0.5, 0.6) is 0 Å². The van der Waals surface area contributed by atoms with E-state index >= 15 is 0 Å². The molecular weight excluding hydrogens is 246 g/mol. The molecule has 0 amide bonds. The fourth-order valence-electron chi connectivity index (χ4n) is 2.86. The van der Waals surface area contributed by atoms with Gasteiger partial charge in [0.25, 0.3) is 0 Å². The summed E-state index contributed by atoms with van der Waals surface area (Å²) in [6.45, 7) is 4.01. The number of hydrogen-bond donors (Lipinski definition) is 2. The van der Waals surface area contributed by atoms with Gasteiger partial charge in [-0.1, -0.05) is 12.1 Å². The van der Waals surface area contributed by atoms with E-state index in [4.69, 9.17) is 5.41 Å².